The van der Waals surface area contributed by atoms with Crippen LogP contribution < -0.4 is 4.74 Å². The molecule has 0 aromatic heterocycles. The van der Waals surface area contributed by atoms with E-state index in [4.69, 9.17) is 27.9 Å². The van der Waals surface area contributed by atoms with Gasteiger partial charge in [-0.3, -0.25) is 0 Å². The minimum atomic E-state index is -0.457. The molecule has 0 unspecified atom stereocenters. The average Bonchev–Trinajstić information content (AvgIpc) is 2.34. The van der Waals surface area contributed by atoms with E-state index < -0.39 is 5.82 Å². The lowest BCUT2D eigenvalue weighted by Crippen LogP contribution is -1.93. The molecule has 1 N–H and O–H groups in total. The van der Waals surface area contributed by atoms with Gasteiger partial charge in [-0.15, -0.1) is 0 Å². The highest BCUT2D eigenvalue weighted by Crippen LogP contribution is 2.34. The van der Waals surface area contributed by atoms with Crippen molar-refractivity contribution in [1.82, 2.24) is 0 Å². The largest absolute Gasteiger partial charge is 0.455 e. The second-order valence-corrected chi connectivity index (χ2v) is 4.37. The molecule has 0 saturated heterocycles. The lowest BCUT2D eigenvalue weighted by atomic mass is 10.2. The van der Waals surface area contributed by atoms with Gasteiger partial charge in [0.05, 0.1) is 11.6 Å². The molecular formula is C13H9Cl2FO2. The molecule has 0 amide bonds. The maximum Gasteiger partial charge on any atom is 0.148 e. The third-order valence-corrected chi connectivity index (χ3v) is 3.01. The highest BCUT2D eigenvalue weighted by molar-refractivity contribution is 6.32. The van der Waals surface area contributed by atoms with Crippen molar-refractivity contribution >= 4 is 23.2 Å². The van der Waals surface area contributed by atoms with Crippen LogP contribution in [0.1, 0.15) is 5.56 Å². The van der Waals surface area contributed by atoms with Gasteiger partial charge in [0, 0.05) is 16.7 Å². The van der Waals surface area contributed by atoms with Gasteiger partial charge in [0.25, 0.3) is 0 Å². The predicted molar refractivity (Wildman–Crippen MR) is 68.9 cm³/mol. The third-order valence-electron chi connectivity index (χ3n) is 2.35. The van der Waals surface area contributed by atoms with Crippen LogP contribution >= 0.6 is 23.2 Å². The summed E-state index contributed by atoms with van der Waals surface area (Å²) in [5.41, 5.74) is 0.430. The van der Waals surface area contributed by atoms with E-state index in [0.717, 1.165) is 0 Å². The molecule has 0 heterocycles. The van der Waals surface area contributed by atoms with E-state index in [2.05, 4.69) is 0 Å². The van der Waals surface area contributed by atoms with Gasteiger partial charge in [0.1, 0.15) is 17.3 Å². The Morgan fingerprint density at radius 1 is 1.06 bits per heavy atom. The molecule has 2 aromatic carbocycles. The first-order valence-corrected chi connectivity index (χ1v) is 5.88. The quantitative estimate of drug-likeness (QED) is 0.905. The van der Waals surface area contributed by atoms with Crippen molar-refractivity contribution in [3.8, 4) is 11.5 Å². The molecule has 5 heteroatoms. The maximum absolute atomic E-state index is 13.1. The van der Waals surface area contributed by atoms with Gasteiger partial charge in [-0.2, -0.15) is 0 Å². The zero-order chi connectivity index (χ0) is 13.1. The van der Waals surface area contributed by atoms with E-state index in [9.17, 15) is 9.50 Å². The molecule has 0 atom stereocenters. The van der Waals surface area contributed by atoms with Crippen LogP contribution in [0, 0.1) is 5.82 Å². The highest BCUT2D eigenvalue weighted by Gasteiger charge is 2.10. The van der Waals surface area contributed by atoms with Crippen LogP contribution in [0.25, 0.3) is 0 Å². The molecule has 0 fully saturated rings. The molecular weight excluding hydrogens is 278 g/mol. The molecule has 0 aliphatic rings. The maximum atomic E-state index is 13.1. The standard InChI is InChI=1S/C13H9Cl2FO2/c14-10-2-1-3-12(9(10)7-17)18-13-6-8(16)4-5-11(13)15/h1-6,17H,7H2. The van der Waals surface area contributed by atoms with Crippen molar-refractivity contribution in [2.24, 2.45) is 0 Å². The smallest absolute Gasteiger partial charge is 0.148 e. The normalized spacial score (nSPS) is 10.4. The molecule has 0 aliphatic carbocycles. The molecule has 2 aromatic rings. The summed E-state index contributed by atoms with van der Waals surface area (Å²) in [5.74, 6) is 0.0631. The molecule has 94 valence electrons. The van der Waals surface area contributed by atoms with Crippen LogP contribution in [0.4, 0.5) is 4.39 Å². The van der Waals surface area contributed by atoms with Crippen LogP contribution in [0.3, 0.4) is 0 Å². The molecule has 0 radical (unpaired) electrons. The monoisotopic (exact) mass is 286 g/mol. The molecule has 0 spiro atoms. The SMILES string of the molecule is OCc1c(Cl)cccc1Oc1cc(F)ccc1Cl. The van der Waals surface area contributed by atoms with E-state index in [-0.39, 0.29) is 17.4 Å². The first-order valence-electron chi connectivity index (χ1n) is 5.13. The van der Waals surface area contributed by atoms with E-state index in [0.29, 0.717) is 16.3 Å². The van der Waals surface area contributed by atoms with Crippen molar-refractivity contribution in [2.45, 2.75) is 6.61 Å². The number of rotatable bonds is 3. The lowest BCUT2D eigenvalue weighted by molar-refractivity contribution is 0.276. The fraction of sp³-hybridized carbons (Fsp3) is 0.0769. The highest BCUT2D eigenvalue weighted by atomic mass is 35.5. The summed E-state index contributed by atoms with van der Waals surface area (Å²) in [5, 5.41) is 9.89. The molecule has 2 rings (SSSR count). The van der Waals surface area contributed by atoms with Gasteiger partial charge < -0.3 is 9.84 Å². The molecule has 0 aliphatic heterocycles. The van der Waals surface area contributed by atoms with Crippen molar-refractivity contribution in [3.63, 3.8) is 0 Å². The number of ether oxygens (including phenoxy) is 1. The number of hydrogen-bond acceptors (Lipinski definition) is 2. The van der Waals surface area contributed by atoms with Crippen molar-refractivity contribution in [2.75, 3.05) is 0 Å². The molecule has 0 bridgehead atoms. The number of benzene rings is 2. The van der Waals surface area contributed by atoms with Crippen LogP contribution in [0.2, 0.25) is 10.0 Å². The molecule has 2 nitrogen and oxygen atoms in total. The summed E-state index contributed by atoms with van der Waals surface area (Å²) in [6.45, 7) is -0.276. The third kappa shape index (κ3) is 2.75. The first-order chi connectivity index (χ1) is 8.61. The van der Waals surface area contributed by atoms with E-state index in [1.165, 1.54) is 18.2 Å². The number of hydrogen-bond donors (Lipinski definition) is 1. The average molecular weight is 287 g/mol. The second kappa shape index (κ2) is 5.57. The number of aliphatic hydroxyl groups excluding tert-OH is 1. The first kappa shape index (κ1) is 13.1. The van der Waals surface area contributed by atoms with E-state index in [1.807, 2.05) is 0 Å². The minimum absolute atomic E-state index is 0.175. The fourth-order valence-electron chi connectivity index (χ4n) is 1.46. The predicted octanol–water partition coefficient (Wildman–Crippen LogP) is 4.42. The Kier molecular flexibility index (Phi) is 4.07. The van der Waals surface area contributed by atoms with Gasteiger partial charge in [0.15, 0.2) is 0 Å². The molecule has 18 heavy (non-hydrogen) atoms. The number of aliphatic hydroxyl groups is 1. The fourth-order valence-corrected chi connectivity index (χ4v) is 1.84. The van der Waals surface area contributed by atoms with Gasteiger partial charge in [0.2, 0.25) is 0 Å². The van der Waals surface area contributed by atoms with Crippen LogP contribution in [-0.4, -0.2) is 5.11 Å². The Labute approximate surface area is 114 Å². The van der Waals surface area contributed by atoms with Crippen LogP contribution in [-0.2, 0) is 6.61 Å². The van der Waals surface area contributed by atoms with Crippen LogP contribution in [0.5, 0.6) is 11.5 Å². The summed E-state index contributed by atoms with van der Waals surface area (Å²) >= 11 is 11.8. The summed E-state index contributed by atoms with van der Waals surface area (Å²) in [7, 11) is 0. The summed E-state index contributed by atoms with van der Waals surface area (Å²) < 4.78 is 18.6. The Balaban J connectivity index is 2.40. The minimum Gasteiger partial charge on any atom is -0.455 e. The zero-order valence-electron chi connectivity index (χ0n) is 9.16. The lowest BCUT2D eigenvalue weighted by Gasteiger charge is -2.12. The molecule has 0 saturated carbocycles. The van der Waals surface area contributed by atoms with Gasteiger partial charge >= 0.3 is 0 Å². The summed E-state index contributed by atoms with van der Waals surface area (Å²) in [4.78, 5) is 0. The Hall–Kier alpha value is -1.29. The van der Waals surface area contributed by atoms with Crippen molar-refractivity contribution in [1.29, 1.82) is 0 Å². The van der Waals surface area contributed by atoms with Crippen molar-refractivity contribution < 1.29 is 14.2 Å². The van der Waals surface area contributed by atoms with E-state index in [1.54, 1.807) is 18.2 Å². The van der Waals surface area contributed by atoms with E-state index >= 15 is 0 Å². The number of halogens is 3. The second-order valence-electron chi connectivity index (χ2n) is 3.55. The van der Waals surface area contributed by atoms with Gasteiger partial charge in [-0.05, 0) is 24.3 Å². The summed E-state index contributed by atoms with van der Waals surface area (Å²) in [6, 6.07) is 8.73. The summed E-state index contributed by atoms with van der Waals surface area (Å²) in [6.07, 6.45) is 0. The Morgan fingerprint density at radius 3 is 2.56 bits per heavy atom. The Bertz CT molecular complexity index is 573. The topological polar surface area (TPSA) is 29.5 Å². The van der Waals surface area contributed by atoms with Crippen molar-refractivity contribution in [3.05, 3.63) is 57.8 Å². The van der Waals surface area contributed by atoms with Crippen LogP contribution in [0.15, 0.2) is 36.4 Å². The van der Waals surface area contributed by atoms with Gasteiger partial charge in [-0.25, -0.2) is 4.39 Å². The Morgan fingerprint density at radius 2 is 1.83 bits per heavy atom. The van der Waals surface area contributed by atoms with Gasteiger partial charge in [-0.1, -0.05) is 29.3 Å². The zero-order valence-corrected chi connectivity index (χ0v) is 10.7.